The van der Waals surface area contributed by atoms with Gasteiger partial charge in [-0.25, -0.2) is 0 Å². The Balaban J connectivity index is 2.08. The molecule has 2 aliphatic rings. The van der Waals surface area contributed by atoms with E-state index in [1.165, 1.54) is 13.3 Å². The molecule has 1 fully saturated rings. The van der Waals surface area contributed by atoms with Gasteiger partial charge in [0.15, 0.2) is 0 Å². The van der Waals surface area contributed by atoms with Gasteiger partial charge in [-0.3, -0.25) is 4.79 Å². The molecule has 2 bridgehead atoms. The van der Waals surface area contributed by atoms with Crippen molar-refractivity contribution in [2.45, 2.75) is 26.4 Å². The lowest BCUT2D eigenvalue weighted by Crippen LogP contribution is -2.27. The van der Waals surface area contributed by atoms with Crippen molar-refractivity contribution in [2.24, 2.45) is 17.8 Å². The van der Waals surface area contributed by atoms with Crippen molar-refractivity contribution in [3.05, 3.63) is 12.2 Å². The molecule has 0 aromatic heterocycles. The zero-order chi connectivity index (χ0) is 8.72. The van der Waals surface area contributed by atoms with Crippen LogP contribution in [0.1, 0.15) is 20.3 Å². The van der Waals surface area contributed by atoms with Gasteiger partial charge in [0.25, 0.3) is 0 Å². The first-order valence-electron chi connectivity index (χ1n) is 4.54. The minimum atomic E-state index is -0.146. The third-order valence-electron chi connectivity index (χ3n) is 3.07. The van der Waals surface area contributed by atoms with E-state index in [4.69, 9.17) is 4.74 Å². The van der Waals surface area contributed by atoms with E-state index < -0.39 is 0 Å². The van der Waals surface area contributed by atoms with Gasteiger partial charge in [-0.2, -0.15) is 0 Å². The fraction of sp³-hybridized carbons (Fsp3) is 0.700. The van der Waals surface area contributed by atoms with Crippen LogP contribution >= 0.6 is 0 Å². The molecule has 0 unspecified atom stereocenters. The largest absolute Gasteiger partial charge is 0.462 e. The Kier molecular flexibility index (Phi) is 1.71. The second-order valence-corrected chi connectivity index (χ2v) is 3.88. The van der Waals surface area contributed by atoms with Crippen LogP contribution in [0.4, 0.5) is 0 Å². The summed E-state index contributed by atoms with van der Waals surface area (Å²) in [6.07, 6.45) is 5.78. The van der Waals surface area contributed by atoms with Gasteiger partial charge in [-0.1, -0.05) is 19.1 Å². The summed E-state index contributed by atoms with van der Waals surface area (Å²) in [6, 6.07) is 0. The highest BCUT2D eigenvalue weighted by Gasteiger charge is 2.43. The number of carbonyl (C=O) groups is 1. The number of hydrogen-bond acceptors (Lipinski definition) is 2. The van der Waals surface area contributed by atoms with E-state index in [9.17, 15) is 4.79 Å². The molecule has 1 saturated carbocycles. The van der Waals surface area contributed by atoms with Crippen LogP contribution in [0, 0.1) is 17.8 Å². The molecular weight excluding hydrogens is 152 g/mol. The summed E-state index contributed by atoms with van der Waals surface area (Å²) in [6.45, 7) is 3.66. The maximum Gasteiger partial charge on any atom is 0.302 e. The maximum absolute atomic E-state index is 10.8. The number of esters is 1. The summed E-state index contributed by atoms with van der Waals surface area (Å²) < 4.78 is 5.27. The van der Waals surface area contributed by atoms with Gasteiger partial charge in [0.1, 0.15) is 6.10 Å². The van der Waals surface area contributed by atoms with E-state index >= 15 is 0 Å². The predicted octanol–water partition coefficient (Wildman–Crippen LogP) is 1.76. The number of carbonyl (C=O) groups excluding carboxylic acids is 1. The molecule has 0 aromatic rings. The molecule has 0 aromatic carbocycles. The lowest BCUT2D eigenvalue weighted by atomic mass is 9.93. The van der Waals surface area contributed by atoms with Crippen LogP contribution in [0.25, 0.3) is 0 Å². The number of ether oxygens (including phenoxy) is 1. The molecule has 0 aliphatic heterocycles. The van der Waals surface area contributed by atoms with Crippen molar-refractivity contribution in [3.63, 3.8) is 0 Å². The molecule has 0 amide bonds. The number of hydrogen-bond donors (Lipinski definition) is 0. The van der Waals surface area contributed by atoms with Gasteiger partial charge in [-0.15, -0.1) is 0 Å². The second kappa shape index (κ2) is 2.61. The quantitative estimate of drug-likeness (QED) is 0.438. The van der Waals surface area contributed by atoms with Gasteiger partial charge < -0.3 is 4.74 Å². The van der Waals surface area contributed by atoms with Crippen LogP contribution in [0.5, 0.6) is 0 Å². The number of allylic oxidation sites excluding steroid dienone is 1. The van der Waals surface area contributed by atoms with Crippen molar-refractivity contribution < 1.29 is 9.53 Å². The molecule has 12 heavy (non-hydrogen) atoms. The Morgan fingerprint density at radius 3 is 2.58 bits per heavy atom. The zero-order valence-corrected chi connectivity index (χ0v) is 7.49. The fourth-order valence-corrected chi connectivity index (χ4v) is 2.41. The maximum atomic E-state index is 10.8. The number of fused-ring (bicyclic) bond motifs is 2. The fourth-order valence-electron chi connectivity index (χ4n) is 2.41. The average Bonchev–Trinajstić information content (AvgIpc) is 2.53. The SMILES string of the molecule is CC(=O)O[C@@H]1[C@@H](C)[C@H]2C=C[C@@H]1C2. The van der Waals surface area contributed by atoms with Crippen LogP contribution in [-0.2, 0) is 9.53 Å². The Morgan fingerprint density at radius 2 is 2.08 bits per heavy atom. The van der Waals surface area contributed by atoms with E-state index in [1.54, 1.807) is 0 Å². The monoisotopic (exact) mass is 166 g/mol. The van der Waals surface area contributed by atoms with Crippen molar-refractivity contribution in [1.82, 2.24) is 0 Å². The van der Waals surface area contributed by atoms with Gasteiger partial charge in [0, 0.05) is 12.8 Å². The summed E-state index contributed by atoms with van der Waals surface area (Å²) in [5.41, 5.74) is 0. The highest BCUT2D eigenvalue weighted by Crippen LogP contribution is 2.44. The summed E-state index contributed by atoms with van der Waals surface area (Å²) in [4.78, 5) is 10.8. The van der Waals surface area contributed by atoms with Crippen molar-refractivity contribution in [2.75, 3.05) is 0 Å². The molecule has 2 nitrogen and oxygen atoms in total. The molecular formula is C10H14O2. The Bertz CT molecular complexity index is 232. The average molecular weight is 166 g/mol. The van der Waals surface area contributed by atoms with Gasteiger partial charge in [0.2, 0.25) is 0 Å². The van der Waals surface area contributed by atoms with Gasteiger partial charge in [0.05, 0.1) is 0 Å². The molecule has 2 rings (SSSR count). The first-order valence-corrected chi connectivity index (χ1v) is 4.54. The van der Waals surface area contributed by atoms with E-state index in [1.807, 2.05) is 0 Å². The van der Waals surface area contributed by atoms with Crippen LogP contribution in [0.2, 0.25) is 0 Å². The molecule has 0 spiro atoms. The van der Waals surface area contributed by atoms with E-state index in [-0.39, 0.29) is 12.1 Å². The molecule has 0 heterocycles. The highest BCUT2D eigenvalue weighted by atomic mass is 16.5. The molecule has 0 N–H and O–H groups in total. The standard InChI is InChI=1S/C10H14O2/c1-6-8-3-4-9(5-8)10(6)12-7(2)11/h3-4,6,8-10H,5H2,1-2H3/t6-,8-,9+,10+/m0/s1. The smallest absolute Gasteiger partial charge is 0.302 e. The van der Waals surface area contributed by atoms with Crippen LogP contribution in [-0.4, -0.2) is 12.1 Å². The van der Waals surface area contributed by atoms with Crippen LogP contribution < -0.4 is 0 Å². The lowest BCUT2D eigenvalue weighted by Gasteiger charge is -2.23. The van der Waals surface area contributed by atoms with E-state index in [2.05, 4.69) is 19.1 Å². The van der Waals surface area contributed by atoms with Crippen molar-refractivity contribution in [3.8, 4) is 0 Å². The normalized spacial score (nSPS) is 43.5. The zero-order valence-electron chi connectivity index (χ0n) is 7.49. The minimum absolute atomic E-state index is 0.146. The first kappa shape index (κ1) is 7.84. The molecule has 66 valence electrons. The first-order chi connectivity index (χ1) is 5.68. The Labute approximate surface area is 72.6 Å². The van der Waals surface area contributed by atoms with Gasteiger partial charge in [-0.05, 0) is 18.3 Å². The Morgan fingerprint density at radius 1 is 1.42 bits per heavy atom. The van der Waals surface area contributed by atoms with Crippen molar-refractivity contribution in [1.29, 1.82) is 0 Å². The van der Waals surface area contributed by atoms with Crippen molar-refractivity contribution >= 4 is 5.97 Å². The van der Waals surface area contributed by atoms with Gasteiger partial charge >= 0.3 is 5.97 Å². The Hall–Kier alpha value is -0.790. The summed E-state index contributed by atoms with van der Waals surface area (Å²) in [7, 11) is 0. The van der Waals surface area contributed by atoms with E-state index in [0.29, 0.717) is 17.8 Å². The third-order valence-corrected chi connectivity index (χ3v) is 3.07. The summed E-state index contributed by atoms with van der Waals surface area (Å²) in [5, 5.41) is 0. The minimum Gasteiger partial charge on any atom is -0.462 e. The number of rotatable bonds is 1. The summed E-state index contributed by atoms with van der Waals surface area (Å²) in [5.74, 6) is 1.52. The second-order valence-electron chi connectivity index (χ2n) is 3.88. The molecule has 0 radical (unpaired) electrons. The third kappa shape index (κ3) is 1.06. The molecule has 2 aliphatic carbocycles. The molecule has 4 atom stereocenters. The summed E-state index contributed by atoms with van der Waals surface area (Å²) >= 11 is 0. The molecule has 0 saturated heterocycles. The topological polar surface area (TPSA) is 26.3 Å². The highest BCUT2D eigenvalue weighted by molar-refractivity contribution is 5.66. The van der Waals surface area contributed by atoms with E-state index in [0.717, 1.165) is 0 Å². The molecule has 2 heteroatoms. The van der Waals surface area contributed by atoms with Crippen LogP contribution in [0.3, 0.4) is 0 Å². The predicted molar refractivity (Wildman–Crippen MR) is 45.5 cm³/mol. The van der Waals surface area contributed by atoms with Crippen LogP contribution in [0.15, 0.2) is 12.2 Å². The lowest BCUT2D eigenvalue weighted by molar-refractivity contribution is -0.149.